The summed E-state index contributed by atoms with van der Waals surface area (Å²) in [5, 5.41) is 12.4. The minimum atomic E-state index is -0.795. The molecule has 0 aliphatic heterocycles. The number of carboxylic acids is 1. The van der Waals surface area contributed by atoms with E-state index in [1.54, 1.807) is 0 Å². The van der Waals surface area contributed by atoms with Gasteiger partial charge in [-0.25, -0.2) is 9.97 Å². The highest BCUT2D eigenvalue weighted by Gasteiger charge is 2.22. The predicted molar refractivity (Wildman–Crippen MR) is 144 cm³/mol. The first-order chi connectivity index (χ1) is 18.0. The second-order valence-corrected chi connectivity index (χ2v) is 9.95. The third kappa shape index (κ3) is 5.69. The molecule has 6 nitrogen and oxygen atoms in total. The smallest absolute Gasteiger partial charge is 0.303 e. The van der Waals surface area contributed by atoms with Crippen LogP contribution in [0.25, 0.3) is 22.3 Å². The van der Waals surface area contributed by atoms with E-state index in [0.717, 1.165) is 41.7 Å². The molecule has 0 radical (unpaired) electrons. The number of carbonyl (C=O) groups is 2. The Morgan fingerprint density at radius 1 is 1.00 bits per heavy atom. The van der Waals surface area contributed by atoms with Crippen LogP contribution in [0, 0.1) is 5.92 Å². The maximum absolute atomic E-state index is 13.2. The molecule has 0 bridgehead atoms. The average molecular weight is 494 g/mol. The number of aromatic nitrogens is 2. The van der Waals surface area contributed by atoms with Crippen LogP contribution in [0.1, 0.15) is 65.8 Å². The van der Waals surface area contributed by atoms with E-state index >= 15 is 0 Å². The maximum atomic E-state index is 13.2. The van der Waals surface area contributed by atoms with Crippen LogP contribution in [0.2, 0.25) is 0 Å². The molecule has 4 aromatic rings. The van der Waals surface area contributed by atoms with Gasteiger partial charge in [-0.05, 0) is 67.3 Å². The van der Waals surface area contributed by atoms with E-state index < -0.39 is 5.97 Å². The number of fused-ring (bicyclic) bond motifs is 2. The van der Waals surface area contributed by atoms with Gasteiger partial charge in [0.2, 0.25) is 0 Å². The molecule has 188 valence electrons. The molecule has 3 aromatic carbocycles. The molecule has 1 aliphatic carbocycles. The lowest BCUT2D eigenvalue weighted by Crippen LogP contribution is -2.31. The fourth-order valence-electron chi connectivity index (χ4n) is 5.16. The minimum absolute atomic E-state index is 0.00553. The van der Waals surface area contributed by atoms with Crippen LogP contribution in [0.5, 0.6) is 0 Å². The summed E-state index contributed by atoms with van der Waals surface area (Å²) in [6, 6.07) is 23.7. The Morgan fingerprint density at radius 3 is 2.59 bits per heavy atom. The van der Waals surface area contributed by atoms with Crippen molar-refractivity contribution in [2.75, 3.05) is 0 Å². The number of nitrogens with one attached hydrogen (secondary N) is 1. The highest BCUT2D eigenvalue weighted by Crippen LogP contribution is 2.30. The van der Waals surface area contributed by atoms with Crippen LogP contribution in [0.4, 0.5) is 0 Å². The van der Waals surface area contributed by atoms with Crippen LogP contribution in [0.15, 0.2) is 72.8 Å². The Labute approximate surface area is 216 Å². The number of carboxylic acid groups (broad SMARTS) is 1. The first kappa shape index (κ1) is 24.6. The maximum Gasteiger partial charge on any atom is 0.303 e. The van der Waals surface area contributed by atoms with Crippen LogP contribution in [-0.4, -0.2) is 27.0 Å². The van der Waals surface area contributed by atoms with E-state index in [2.05, 4.69) is 23.5 Å². The van der Waals surface area contributed by atoms with E-state index in [1.165, 1.54) is 11.1 Å². The number of aryl methyl sites for hydroxylation is 2. The van der Waals surface area contributed by atoms with Gasteiger partial charge < -0.3 is 10.4 Å². The predicted octanol–water partition coefficient (Wildman–Crippen LogP) is 6.15. The molecule has 5 rings (SSSR count). The number of nitrogens with zero attached hydrogens (tertiary/aromatic N) is 2. The fourth-order valence-corrected chi connectivity index (χ4v) is 5.16. The van der Waals surface area contributed by atoms with Gasteiger partial charge in [0, 0.05) is 17.5 Å². The number of benzene rings is 3. The van der Waals surface area contributed by atoms with E-state index in [-0.39, 0.29) is 24.3 Å². The van der Waals surface area contributed by atoms with Gasteiger partial charge in [0.25, 0.3) is 5.91 Å². The van der Waals surface area contributed by atoms with Crippen molar-refractivity contribution in [3.63, 3.8) is 0 Å². The van der Waals surface area contributed by atoms with Gasteiger partial charge in [0.05, 0.1) is 28.5 Å². The quantitative estimate of drug-likeness (QED) is 0.307. The molecule has 1 aromatic heterocycles. The number of carbonyl (C=O) groups excluding carboxylic acids is 1. The van der Waals surface area contributed by atoms with Gasteiger partial charge in [0.1, 0.15) is 0 Å². The number of amides is 1. The molecule has 1 heterocycles. The molecule has 6 heteroatoms. The average Bonchev–Trinajstić information content (AvgIpc) is 2.91. The Hall–Kier alpha value is -4.06. The van der Waals surface area contributed by atoms with Crippen LogP contribution in [0.3, 0.4) is 0 Å². The molecule has 0 saturated carbocycles. The summed E-state index contributed by atoms with van der Waals surface area (Å²) in [5.74, 6) is -0.889. The first-order valence-electron chi connectivity index (χ1n) is 12.9. The molecule has 0 fully saturated rings. The molecular weight excluding hydrogens is 462 g/mol. The zero-order chi connectivity index (χ0) is 25.8. The van der Waals surface area contributed by atoms with Gasteiger partial charge >= 0.3 is 5.97 Å². The molecule has 1 amide bonds. The lowest BCUT2D eigenvalue weighted by atomic mass is 9.87. The molecule has 37 heavy (non-hydrogen) atoms. The zero-order valence-corrected chi connectivity index (χ0v) is 21.0. The van der Waals surface area contributed by atoms with Crippen molar-refractivity contribution in [1.29, 1.82) is 0 Å². The van der Waals surface area contributed by atoms with E-state index in [0.29, 0.717) is 23.9 Å². The van der Waals surface area contributed by atoms with E-state index in [4.69, 9.17) is 15.1 Å². The number of hydrogen-bond acceptors (Lipinski definition) is 4. The van der Waals surface area contributed by atoms with Gasteiger partial charge in [-0.3, -0.25) is 9.59 Å². The topological polar surface area (TPSA) is 92.2 Å². The fraction of sp³-hybridized carbons (Fsp3) is 0.290. The normalized spacial score (nSPS) is 15.6. The monoisotopic (exact) mass is 493 g/mol. The molecule has 0 spiro atoms. The second-order valence-electron chi connectivity index (χ2n) is 9.95. The summed E-state index contributed by atoms with van der Waals surface area (Å²) < 4.78 is 0. The van der Waals surface area contributed by atoms with Crippen molar-refractivity contribution in [1.82, 2.24) is 15.3 Å². The summed E-state index contributed by atoms with van der Waals surface area (Å²) in [5.41, 5.74) is 7.03. The van der Waals surface area contributed by atoms with Crippen molar-refractivity contribution in [3.05, 3.63) is 95.2 Å². The molecule has 0 saturated heterocycles. The number of hydrogen-bond donors (Lipinski definition) is 2. The number of aliphatic carboxylic acids is 1. The molecule has 2 atom stereocenters. The summed E-state index contributed by atoms with van der Waals surface area (Å²) in [6.45, 7) is 1.94. The standard InChI is InChI=1S/C31H31N3O3/c1-20(18-29(35)36)14-16-27-30(22-9-3-2-4-10-22)33-26-17-15-23(19-28(26)32-27)31(37)34-25-13-7-11-21-8-5-6-12-24(21)25/h2-6,8-10,12,15,17,19-20,25H,7,11,13-14,16,18H2,1H3,(H,34,37)(H,35,36)/t20-,25+/m1/s1. The number of rotatable bonds is 8. The Kier molecular flexibility index (Phi) is 7.26. The molecule has 2 N–H and O–H groups in total. The molecule has 1 aliphatic rings. The van der Waals surface area contributed by atoms with Gasteiger partial charge in [-0.1, -0.05) is 61.5 Å². The largest absolute Gasteiger partial charge is 0.481 e. The van der Waals surface area contributed by atoms with Crippen LogP contribution in [-0.2, 0) is 17.6 Å². The van der Waals surface area contributed by atoms with Crippen LogP contribution >= 0.6 is 0 Å². The van der Waals surface area contributed by atoms with Crippen LogP contribution < -0.4 is 5.32 Å². The van der Waals surface area contributed by atoms with Gasteiger partial charge in [-0.15, -0.1) is 0 Å². The molecular formula is C31H31N3O3. The van der Waals surface area contributed by atoms with Crippen molar-refractivity contribution in [2.24, 2.45) is 5.92 Å². The van der Waals surface area contributed by atoms with Crippen molar-refractivity contribution >= 4 is 22.9 Å². The second kappa shape index (κ2) is 10.9. The summed E-state index contributed by atoms with van der Waals surface area (Å²) in [6.07, 6.45) is 4.44. The molecule has 0 unspecified atom stereocenters. The summed E-state index contributed by atoms with van der Waals surface area (Å²) in [4.78, 5) is 34.2. The first-order valence-corrected chi connectivity index (χ1v) is 12.9. The lowest BCUT2D eigenvalue weighted by Gasteiger charge is -2.26. The summed E-state index contributed by atoms with van der Waals surface area (Å²) in [7, 11) is 0. The Balaban J connectivity index is 1.44. The van der Waals surface area contributed by atoms with E-state index in [1.807, 2.05) is 61.5 Å². The minimum Gasteiger partial charge on any atom is -0.481 e. The van der Waals surface area contributed by atoms with Gasteiger partial charge in [0.15, 0.2) is 0 Å². The van der Waals surface area contributed by atoms with Crippen molar-refractivity contribution in [3.8, 4) is 11.3 Å². The SMILES string of the molecule is C[C@H](CCc1nc2cc(C(=O)N[C@H]3CCCc4ccccc43)ccc2nc1-c1ccccc1)CC(=O)O. The van der Waals surface area contributed by atoms with Gasteiger partial charge in [-0.2, -0.15) is 0 Å². The highest BCUT2D eigenvalue weighted by molar-refractivity contribution is 5.97. The highest BCUT2D eigenvalue weighted by atomic mass is 16.4. The summed E-state index contributed by atoms with van der Waals surface area (Å²) >= 11 is 0. The Morgan fingerprint density at radius 2 is 1.78 bits per heavy atom. The zero-order valence-electron chi connectivity index (χ0n) is 21.0. The Bertz CT molecular complexity index is 1430. The van der Waals surface area contributed by atoms with E-state index in [9.17, 15) is 9.59 Å². The van der Waals surface area contributed by atoms with Crippen molar-refractivity contribution in [2.45, 2.75) is 51.5 Å². The third-order valence-corrected chi connectivity index (χ3v) is 7.12. The third-order valence-electron chi connectivity index (χ3n) is 7.12. The van der Waals surface area contributed by atoms with Crippen molar-refractivity contribution < 1.29 is 14.7 Å². The lowest BCUT2D eigenvalue weighted by molar-refractivity contribution is -0.138.